The Morgan fingerprint density at radius 3 is 1.16 bits per heavy atom. The molecule has 0 aliphatic heterocycles. The van der Waals surface area contributed by atoms with Gasteiger partial charge >= 0.3 is 17.6 Å². The highest BCUT2D eigenvalue weighted by atomic mass is 28.4. The summed E-state index contributed by atoms with van der Waals surface area (Å²) in [7, 11) is -4.21. The Kier molecular flexibility index (Phi) is 11.5. The van der Waals surface area contributed by atoms with Crippen LogP contribution in [0, 0.1) is 20.8 Å². The van der Waals surface area contributed by atoms with Crippen molar-refractivity contribution in [3.8, 4) is 11.1 Å². The van der Waals surface area contributed by atoms with Crippen molar-refractivity contribution < 1.29 is 31.1 Å². The zero-order valence-corrected chi connectivity index (χ0v) is 30.3. The number of nitrogens with zero attached hydrogens (tertiary/aromatic N) is 1. The van der Waals surface area contributed by atoms with E-state index >= 15 is 0 Å². The first-order valence-corrected chi connectivity index (χ1v) is 19.4. The summed E-state index contributed by atoms with van der Waals surface area (Å²) < 4.78 is 40.4. The van der Waals surface area contributed by atoms with Gasteiger partial charge < -0.3 is 26.6 Å². The molecule has 4 aromatic rings. The Labute approximate surface area is 265 Å². The lowest BCUT2D eigenvalue weighted by Crippen LogP contribution is -2.57. The van der Waals surface area contributed by atoms with Gasteiger partial charge in [0.1, 0.15) is 7.05 Å². The molecule has 0 radical (unpaired) electrons. The molecule has 3 aromatic carbocycles. The molecule has 0 N–H and O–H groups in total. The molecule has 44 heavy (non-hydrogen) atoms. The van der Waals surface area contributed by atoms with Crippen LogP contribution in [0.5, 0.6) is 0 Å². The second kappa shape index (κ2) is 14.7. The van der Waals surface area contributed by atoms with Crippen LogP contribution in [0.15, 0.2) is 48.5 Å². The molecule has 0 fully saturated rings. The van der Waals surface area contributed by atoms with Crippen LogP contribution in [0.25, 0.3) is 32.9 Å². The fourth-order valence-electron chi connectivity index (χ4n) is 6.45. The van der Waals surface area contributed by atoms with Crippen molar-refractivity contribution >= 4 is 49.8 Å². The van der Waals surface area contributed by atoms with Crippen LogP contribution in [0.3, 0.4) is 0 Å². The minimum Gasteiger partial charge on any atom is -0.370 e. The van der Waals surface area contributed by atoms with E-state index in [1.165, 1.54) is 22.3 Å². The van der Waals surface area contributed by atoms with E-state index in [9.17, 15) is 0 Å². The molecule has 1 aromatic heterocycles. The Bertz CT molecular complexity index is 1460. The van der Waals surface area contributed by atoms with E-state index < -0.39 is 17.6 Å². The second-order valence-electron chi connectivity index (χ2n) is 10.9. The summed E-state index contributed by atoms with van der Waals surface area (Å²) in [5.41, 5.74) is 8.28. The largest absolute Gasteiger partial charge is 0.537 e. The third kappa shape index (κ3) is 6.43. The molecule has 9 heteroatoms. The molecule has 0 atom stereocenters. The normalized spacial score (nSPS) is 12.5. The van der Waals surface area contributed by atoms with Gasteiger partial charge in [-0.25, -0.2) is 0 Å². The molecule has 238 valence electrons. The Morgan fingerprint density at radius 2 is 0.841 bits per heavy atom. The first kappa shape index (κ1) is 34.4. The molecular formula is C35H50NO6Si2+. The topological polar surface area (TPSA) is 59.3 Å². The fourth-order valence-corrected chi connectivity index (χ4v) is 11.4. The van der Waals surface area contributed by atoms with Gasteiger partial charge in [-0.05, 0) is 103 Å². The van der Waals surface area contributed by atoms with Gasteiger partial charge in [0.15, 0.2) is 0 Å². The molecule has 0 saturated heterocycles. The average molecular weight is 637 g/mol. The van der Waals surface area contributed by atoms with E-state index in [4.69, 9.17) is 26.6 Å². The van der Waals surface area contributed by atoms with E-state index in [0.29, 0.717) is 39.6 Å². The van der Waals surface area contributed by atoms with Gasteiger partial charge in [-0.2, -0.15) is 4.57 Å². The van der Waals surface area contributed by atoms with Crippen molar-refractivity contribution in [1.82, 2.24) is 0 Å². The highest BCUT2D eigenvalue weighted by molar-refractivity contribution is 6.76. The van der Waals surface area contributed by atoms with E-state index in [1.54, 1.807) is 0 Å². The van der Waals surface area contributed by atoms with E-state index in [0.717, 1.165) is 37.7 Å². The van der Waals surface area contributed by atoms with Crippen molar-refractivity contribution in [1.29, 1.82) is 0 Å². The van der Waals surface area contributed by atoms with Gasteiger partial charge in [0.25, 0.3) is 0 Å². The van der Waals surface area contributed by atoms with Gasteiger partial charge in [-0.3, -0.25) is 0 Å². The summed E-state index contributed by atoms with van der Waals surface area (Å²) in [5, 5.41) is 4.13. The van der Waals surface area contributed by atoms with Crippen LogP contribution in [0.4, 0.5) is 0 Å². The van der Waals surface area contributed by atoms with Crippen molar-refractivity contribution in [2.45, 2.75) is 62.3 Å². The number of rotatable bonds is 15. The Morgan fingerprint density at radius 1 is 0.500 bits per heavy atom. The van der Waals surface area contributed by atoms with E-state index in [2.05, 4.69) is 80.9 Å². The molecule has 0 aliphatic rings. The molecule has 7 nitrogen and oxygen atoms in total. The van der Waals surface area contributed by atoms with Crippen LogP contribution in [-0.2, 0) is 33.6 Å². The van der Waals surface area contributed by atoms with Gasteiger partial charge in [-0.1, -0.05) is 17.7 Å². The second-order valence-corrected chi connectivity index (χ2v) is 16.0. The van der Waals surface area contributed by atoms with Crippen LogP contribution in [0.1, 0.15) is 58.2 Å². The van der Waals surface area contributed by atoms with E-state index in [1.807, 2.05) is 41.5 Å². The summed E-state index contributed by atoms with van der Waals surface area (Å²) in [6.07, 6.45) is 0. The number of aromatic nitrogens is 1. The minimum atomic E-state index is -3.17. The lowest BCUT2D eigenvalue weighted by molar-refractivity contribution is -0.617. The monoisotopic (exact) mass is 636 g/mol. The molecule has 4 rings (SSSR count). The Balaban J connectivity index is 2.21. The zero-order chi connectivity index (χ0) is 32.1. The highest BCUT2D eigenvalue weighted by Crippen LogP contribution is 2.38. The molecule has 0 saturated carbocycles. The van der Waals surface area contributed by atoms with Crippen LogP contribution in [-0.4, -0.2) is 57.3 Å². The molecule has 0 spiro atoms. The number of hydrogen-bond donors (Lipinski definition) is 0. The maximum Gasteiger partial charge on any atom is 0.537 e. The molecule has 0 aliphatic carbocycles. The lowest BCUT2D eigenvalue weighted by atomic mass is 9.89. The SMILES string of the molecule is CCO[Si](OCC)(OCC)c1ccc2c(c1)c(-c1c(C)cc(C)cc1C)c1cc([Si](OCC)(OCC)OCC)ccc1[n+]2C. The first-order valence-electron chi connectivity index (χ1n) is 16.0. The Hall–Kier alpha value is -2.48. The van der Waals surface area contributed by atoms with Crippen LogP contribution in [0.2, 0.25) is 0 Å². The summed E-state index contributed by atoms with van der Waals surface area (Å²) >= 11 is 0. The van der Waals surface area contributed by atoms with E-state index in [-0.39, 0.29) is 0 Å². The summed E-state index contributed by atoms with van der Waals surface area (Å²) in [6, 6.07) is 17.6. The van der Waals surface area contributed by atoms with Crippen LogP contribution < -0.4 is 14.9 Å². The summed E-state index contributed by atoms with van der Waals surface area (Å²) in [4.78, 5) is 0. The number of pyridine rings is 1. The molecule has 0 amide bonds. The zero-order valence-electron chi connectivity index (χ0n) is 28.3. The molecule has 0 unspecified atom stereocenters. The average Bonchev–Trinajstić information content (AvgIpc) is 2.98. The van der Waals surface area contributed by atoms with Crippen molar-refractivity contribution in [2.75, 3.05) is 39.6 Å². The number of hydrogen-bond acceptors (Lipinski definition) is 6. The predicted octanol–water partition coefficient (Wildman–Crippen LogP) is 5.92. The van der Waals surface area contributed by atoms with Gasteiger partial charge in [0.2, 0.25) is 11.0 Å². The third-order valence-corrected chi connectivity index (χ3v) is 13.9. The first-order chi connectivity index (χ1) is 21.1. The van der Waals surface area contributed by atoms with Gasteiger partial charge in [0, 0.05) is 67.7 Å². The maximum absolute atomic E-state index is 6.36. The third-order valence-electron chi connectivity index (χ3n) is 7.89. The quantitative estimate of drug-likeness (QED) is 0.0918. The minimum absolute atomic E-state index is 0.501. The summed E-state index contributed by atoms with van der Waals surface area (Å²) in [5.74, 6) is 0. The predicted molar refractivity (Wildman–Crippen MR) is 183 cm³/mol. The summed E-state index contributed by atoms with van der Waals surface area (Å²) in [6.45, 7) is 21.5. The van der Waals surface area contributed by atoms with Crippen molar-refractivity contribution in [3.05, 3.63) is 65.2 Å². The molecule has 0 bridgehead atoms. The molecular weight excluding hydrogens is 587 g/mol. The van der Waals surface area contributed by atoms with Gasteiger partial charge in [0.05, 0.1) is 10.8 Å². The smallest absolute Gasteiger partial charge is 0.370 e. The number of benzene rings is 3. The fraction of sp³-hybridized carbons (Fsp3) is 0.457. The lowest BCUT2D eigenvalue weighted by Gasteiger charge is -2.29. The van der Waals surface area contributed by atoms with Crippen LogP contribution >= 0.6 is 0 Å². The van der Waals surface area contributed by atoms with Crippen molar-refractivity contribution in [2.24, 2.45) is 7.05 Å². The standard InChI is InChI=1S/C35H50NO6Si2/c1-11-37-43(38-12-2,39-13-3)28-17-19-32-30(23-28)35(34-26(8)21-25(7)22-27(34)9)31-24-29(18-20-33(31)36(32)10)44(40-14-4,41-15-5)42-16-6/h17-24H,11-16H2,1-10H3/q+1. The molecule has 1 heterocycles. The highest BCUT2D eigenvalue weighted by Gasteiger charge is 2.45. The van der Waals surface area contributed by atoms with Crippen molar-refractivity contribution in [3.63, 3.8) is 0 Å². The number of fused-ring (bicyclic) bond motifs is 2. The van der Waals surface area contributed by atoms with Gasteiger partial charge in [-0.15, -0.1) is 0 Å². The number of aryl methyl sites for hydroxylation is 4. The maximum atomic E-state index is 6.36.